The molecule has 0 bridgehead atoms. The Labute approximate surface area is 184 Å². The Morgan fingerprint density at radius 1 is 1.04 bits per heavy atom. The van der Waals surface area contributed by atoms with Gasteiger partial charge in [0.05, 0.1) is 23.4 Å². The molecule has 2 rings (SSSR count). The highest BCUT2D eigenvalue weighted by Gasteiger charge is 2.53. The van der Waals surface area contributed by atoms with Gasteiger partial charge in [-0.1, -0.05) is 32.6 Å². The van der Waals surface area contributed by atoms with Gasteiger partial charge in [-0.15, -0.1) is 0 Å². The minimum atomic E-state index is -0.308. The van der Waals surface area contributed by atoms with Gasteiger partial charge in [0.25, 0.3) is 0 Å². The van der Waals surface area contributed by atoms with Crippen LogP contribution in [0, 0.1) is 3.57 Å². The smallest absolute Gasteiger partial charge is 0.461 e. The van der Waals surface area contributed by atoms with Gasteiger partial charge in [0.2, 0.25) is 0 Å². The molecule has 0 saturated carbocycles. The molecule has 1 fully saturated rings. The van der Waals surface area contributed by atoms with E-state index in [1.54, 1.807) is 0 Å². The molecule has 1 aliphatic heterocycles. The highest BCUT2D eigenvalue weighted by molar-refractivity contribution is 14.1. The fourth-order valence-corrected chi connectivity index (χ4v) is 3.69. The van der Waals surface area contributed by atoms with E-state index in [1.165, 1.54) is 19.3 Å². The van der Waals surface area contributed by atoms with Crippen LogP contribution in [-0.4, -0.2) is 30.9 Å². The summed E-state index contributed by atoms with van der Waals surface area (Å²) in [7, 11) is -0.186. The van der Waals surface area contributed by atoms with Crippen molar-refractivity contribution in [1.82, 2.24) is 0 Å². The quantitative estimate of drug-likeness (QED) is 0.165. The summed E-state index contributed by atoms with van der Waals surface area (Å²) in [5.41, 5.74) is -0.0125. The van der Waals surface area contributed by atoms with Crippen molar-refractivity contribution in [3.8, 4) is 0 Å². The molecular weight excluding hydrogens is 466 g/mol. The summed E-state index contributed by atoms with van der Waals surface area (Å²) in [6, 6.07) is 7.45. The van der Waals surface area contributed by atoms with Gasteiger partial charge in [0, 0.05) is 3.57 Å². The largest absolute Gasteiger partial charge is 0.462 e. The lowest BCUT2D eigenvalue weighted by molar-refractivity contribution is 0.00578. The number of unbranched alkanes of at least 4 members (excludes halogenated alkanes) is 2. The topological polar surface area (TPSA) is 44.8 Å². The average molecular weight is 500 g/mol. The van der Waals surface area contributed by atoms with Crippen molar-refractivity contribution in [2.45, 2.75) is 90.2 Å². The van der Waals surface area contributed by atoms with E-state index in [0.29, 0.717) is 18.0 Å². The van der Waals surface area contributed by atoms with E-state index in [1.807, 2.05) is 24.3 Å². The van der Waals surface area contributed by atoms with Crippen molar-refractivity contribution in [3.63, 3.8) is 0 Å². The van der Waals surface area contributed by atoms with Crippen molar-refractivity contribution >= 4 is 35.7 Å². The molecule has 0 N–H and O–H groups in total. The first-order chi connectivity index (χ1) is 13.2. The number of halogens is 1. The first kappa shape index (κ1) is 23.7. The summed E-state index contributed by atoms with van der Waals surface area (Å²) in [5.74, 6) is 0.0687. The van der Waals surface area contributed by atoms with Crippen molar-refractivity contribution in [2.75, 3.05) is 6.61 Å². The normalized spacial score (nSPS) is 18.9. The predicted molar refractivity (Wildman–Crippen MR) is 123 cm³/mol. The van der Waals surface area contributed by atoms with Gasteiger partial charge in [-0.25, -0.2) is 4.79 Å². The maximum absolute atomic E-state index is 12.2. The SMILES string of the molecule is CCCCC[C@@H](CCCOC(=O)c1ccc(I)cc1)B1OC(C)(C)C(C)(C)O1. The molecule has 6 heteroatoms. The fraction of sp³-hybridized carbons (Fsp3) is 0.682. The lowest BCUT2D eigenvalue weighted by Crippen LogP contribution is -2.41. The Morgan fingerprint density at radius 3 is 2.18 bits per heavy atom. The number of carbonyl (C=O) groups excluding carboxylic acids is 1. The molecule has 0 amide bonds. The molecule has 1 aromatic carbocycles. The number of ether oxygens (including phenoxy) is 1. The van der Waals surface area contributed by atoms with Gasteiger partial charge in [-0.05, 0) is 93.2 Å². The van der Waals surface area contributed by atoms with Crippen molar-refractivity contribution in [3.05, 3.63) is 33.4 Å². The second-order valence-electron chi connectivity index (χ2n) is 8.67. The Morgan fingerprint density at radius 2 is 1.61 bits per heavy atom. The zero-order chi connectivity index (χ0) is 20.8. The van der Waals surface area contributed by atoms with Crippen LogP contribution in [0.1, 0.15) is 83.5 Å². The van der Waals surface area contributed by atoms with Crippen LogP contribution in [0.4, 0.5) is 0 Å². The minimum absolute atomic E-state index is 0.186. The molecule has 1 saturated heterocycles. The van der Waals surface area contributed by atoms with Gasteiger partial charge >= 0.3 is 13.1 Å². The summed E-state index contributed by atoms with van der Waals surface area (Å²) in [5, 5.41) is 0. The Bertz CT molecular complexity index is 614. The summed E-state index contributed by atoms with van der Waals surface area (Å²) in [4.78, 5) is 12.2. The standard InChI is InChI=1S/C22H34BIO4/c1-6-7-8-10-18(23-27-21(2,3)22(4,5)28-23)11-9-16-26-20(25)17-12-14-19(24)15-13-17/h12-15,18H,6-11,16H2,1-5H3/t18-/m0/s1. The van der Waals surface area contributed by atoms with Gasteiger partial charge in [0.1, 0.15) is 0 Å². The van der Waals surface area contributed by atoms with Crippen LogP contribution in [0.3, 0.4) is 0 Å². The summed E-state index contributed by atoms with van der Waals surface area (Å²) in [6.07, 6.45) is 6.42. The Balaban J connectivity index is 1.85. The third-order valence-corrected chi connectivity index (χ3v) is 6.59. The average Bonchev–Trinajstić information content (AvgIpc) is 2.85. The maximum atomic E-state index is 12.2. The first-order valence-electron chi connectivity index (χ1n) is 10.4. The van der Waals surface area contributed by atoms with Crippen LogP contribution in [0.25, 0.3) is 0 Å². The van der Waals surface area contributed by atoms with E-state index in [4.69, 9.17) is 14.0 Å². The number of carbonyl (C=O) groups is 1. The molecule has 0 aliphatic carbocycles. The first-order valence-corrected chi connectivity index (χ1v) is 11.5. The van der Waals surface area contributed by atoms with Crippen LogP contribution in [0.15, 0.2) is 24.3 Å². The molecule has 28 heavy (non-hydrogen) atoms. The number of hydrogen-bond acceptors (Lipinski definition) is 4. The second-order valence-corrected chi connectivity index (χ2v) is 9.91. The number of esters is 1. The number of rotatable bonds is 10. The van der Waals surface area contributed by atoms with E-state index in [-0.39, 0.29) is 24.3 Å². The van der Waals surface area contributed by atoms with Crippen LogP contribution in [-0.2, 0) is 14.0 Å². The predicted octanol–water partition coefficient (Wildman–Crippen LogP) is 6.27. The molecule has 0 aromatic heterocycles. The van der Waals surface area contributed by atoms with E-state index < -0.39 is 0 Å². The molecule has 1 heterocycles. The Hall–Kier alpha value is -0.595. The molecule has 1 aromatic rings. The van der Waals surface area contributed by atoms with Crippen molar-refractivity contribution in [1.29, 1.82) is 0 Å². The van der Waals surface area contributed by atoms with Crippen LogP contribution in [0.2, 0.25) is 5.82 Å². The van der Waals surface area contributed by atoms with Gasteiger partial charge in [-0.2, -0.15) is 0 Å². The summed E-state index contributed by atoms with van der Waals surface area (Å²) < 4.78 is 19.1. The third-order valence-electron chi connectivity index (χ3n) is 5.87. The number of benzene rings is 1. The van der Waals surface area contributed by atoms with E-state index in [2.05, 4.69) is 57.2 Å². The molecule has 0 radical (unpaired) electrons. The number of hydrogen-bond donors (Lipinski definition) is 0. The molecule has 0 unspecified atom stereocenters. The monoisotopic (exact) mass is 500 g/mol. The molecule has 156 valence electrons. The van der Waals surface area contributed by atoms with Gasteiger partial charge in [-0.3, -0.25) is 0 Å². The van der Waals surface area contributed by atoms with Crippen molar-refractivity contribution < 1.29 is 18.8 Å². The summed E-state index contributed by atoms with van der Waals surface area (Å²) in [6.45, 7) is 11.0. The zero-order valence-corrected chi connectivity index (χ0v) is 20.1. The van der Waals surface area contributed by atoms with E-state index in [0.717, 1.165) is 22.8 Å². The molecular formula is C22H34BIO4. The minimum Gasteiger partial charge on any atom is -0.462 e. The molecule has 1 aliphatic rings. The lowest BCUT2D eigenvalue weighted by Gasteiger charge is -2.32. The van der Waals surface area contributed by atoms with Crippen LogP contribution >= 0.6 is 22.6 Å². The highest BCUT2D eigenvalue weighted by Crippen LogP contribution is 2.42. The zero-order valence-electron chi connectivity index (χ0n) is 17.9. The molecule has 4 nitrogen and oxygen atoms in total. The molecule has 1 atom stereocenters. The fourth-order valence-electron chi connectivity index (χ4n) is 3.33. The Kier molecular flexibility index (Phi) is 8.83. The van der Waals surface area contributed by atoms with E-state index in [9.17, 15) is 4.79 Å². The van der Waals surface area contributed by atoms with Gasteiger partial charge in [0.15, 0.2) is 0 Å². The van der Waals surface area contributed by atoms with Crippen LogP contribution < -0.4 is 0 Å². The highest BCUT2D eigenvalue weighted by atomic mass is 127. The lowest BCUT2D eigenvalue weighted by atomic mass is 9.67. The van der Waals surface area contributed by atoms with Crippen LogP contribution in [0.5, 0.6) is 0 Å². The molecule has 0 spiro atoms. The maximum Gasteiger partial charge on any atom is 0.461 e. The van der Waals surface area contributed by atoms with E-state index >= 15 is 0 Å². The van der Waals surface area contributed by atoms with Gasteiger partial charge < -0.3 is 14.0 Å². The second kappa shape index (κ2) is 10.4. The van der Waals surface area contributed by atoms with Crippen molar-refractivity contribution in [2.24, 2.45) is 0 Å². The third kappa shape index (κ3) is 6.46. The summed E-state index contributed by atoms with van der Waals surface area (Å²) >= 11 is 2.22.